The lowest BCUT2D eigenvalue weighted by Gasteiger charge is -2.37. The third kappa shape index (κ3) is 9.64. The van der Waals surface area contributed by atoms with E-state index in [1.165, 1.54) is 11.1 Å². The quantitative estimate of drug-likeness (QED) is 0.224. The predicted molar refractivity (Wildman–Crippen MR) is 106 cm³/mol. The topological polar surface area (TPSA) is 18.5 Å². The van der Waals surface area contributed by atoms with Gasteiger partial charge >= 0.3 is 0 Å². The van der Waals surface area contributed by atoms with Gasteiger partial charge in [-0.2, -0.15) is 0 Å². The average molecular weight is 339 g/mol. The normalized spacial score (nSPS) is 14.9. The molecule has 0 saturated carbocycles. The molecule has 0 aliphatic rings. The molecule has 0 bridgehead atoms. The van der Waals surface area contributed by atoms with Gasteiger partial charge in [-0.25, -0.2) is 9.78 Å². The summed E-state index contributed by atoms with van der Waals surface area (Å²) >= 11 is 0. The van der Waals surface area contributed by atoms with Crippen molar-refractivity contribution in [2.45, 2.75) is 106 Å². The third-order valence-corrected chi connectivity index (χ3v) is 5.15. The Morgan fingerprint density at radius 2 is 1.00 bits per heavy atom. The molecule has 2 nitrogen and oxygen atoms in total. The standard InChI is InChI=1S/C22H42O2/c1-17(2)13-11-15-19(5)21(7,8)23-24-22(9,10)20(6)16-12-14-18(3)4/h13-14,19-20H,11-12,15-16H2,1-10H3. The van der Waals surface area contributed by atoms with Crippen molar-refractivity contribution < 1.29 is 9.78 Å². The van der Waals surface area contributed by atoms with Gasteiger partial charge in [0, 0.05) is 0 Å². The lowest BCUT2D eigenvalue weighted by atomic mass is 9.88. The first-order valence-electron chi connectivity index (χ1n) is 9.52. The summed E-state index contributed by atoms with van der Waals surface area (Å²) in [4.78, 5) is 11.9. The highest BCUT2D eigenvalue weighted by molar-refractivity contribution is 4.94. The minimum atomic E-state index is -0.285. The van der Waals surface area contributed by atoms with E-state index in [4.69, 9.17) is 9.78 Å². The van der Waals surface area contributed by atoms with Crippen LogP contribution in [0, 0.1) is 11.8 Å². The summed E-state index contributed by atoms with van der Waals surface area (Å²) in [5, 5.41) is 0. The van der Waals surface area contributed by atoms with Crippen molar-refractivity contribution in [2.75, 3.05) is 0 Å². The van der Waals surface area contributed by atoms with Gasteiger partial charge in [0.25, 0.3) is 0 Å². The van der Waals surface area contributed by atoms with Crippen LogP contribution in [0.5, 0.6) is 0 Å². The first-order valence-corrected chi connectivity index (χ1v) is 9.52. The Bertz CT molecular complexity index is 368. The second-order valence-corrected chi connectivity index (χ2v) is 8.89. The minimum absolute atomic E-state index is 0.285. The maximum Gasteiger partial charge on any atom is 0.101 e. The summed E-state index contributed by atoms with van der Waals surface area (Å²) in [6, 6.07) is 0. The van der Waals surface area contributed by atoms with E-state index in [1.54, 1.807) is 0 Å². The SMILES string of the molecule is CC(C)=CCCC(C)C(C)(C)OOC(C)(C)C(C)CCC=C(C)C. The monoisotopic (exact) mass is 338 g/mol. The third-order valence-electron chi connectivity index (χ3n) is 5.15. The van der Waals surface area contributed by atoms with E-state index >= 15 is 0 Å². The summed E-state index contributed by atoms with van der Waals surface area (Å²) in [6.07, 6.45) is 9.00. The molecule has 0 aromatic heterocycles. The van der Waals surface area contributed by atoms with Gasteiger partial charge in [-0.3, -0.25) is 0 Å². The molecular formula is C22H42O2. The largest absolute Gasteiger partial charge is 0.230 e. The highest BCUT2D eigenvalue weighted by atomic mass is 17.2. The van der Waals surface area contributed by atoms with Crippen LogP contribution in [0.3, 0.4) is 0 Å². The Labute approximate surface area is 151 Å². The van der Waals surface area contributed by atoms with E-state index in [1.807, 2.05) is 0 Å². The zero-order chi connectivity index (χ0) is 19.0. The fourth-order valence-corrected chi connectivity index (χ4v) is 2.32. The Kier molecular flexibility index (Phi) is 10.1. The molecule has 0 heterocycles. The van der Waals surface area contributed by atoms with Gasteiger partial charge in [-0.1, -0.05) is 37.1 Å². The molecule has 2 unspecified atom stereocenters. The summed E-state index contributed by atoms with van der Waals surface area (Å²) in [7, 11) is 0. The van der Waals surface area contributed by atoms with Crippen molar-refractivity contribution in [1.29, 1.82) is 0 Å². The summed E-state index contributed by atoms with van der Waals surface area (Å²) in [5.41, 5.74) is 2.19. The summed E-state index contributed by atoms with van der Waals surface area (Å²) in [5.74, 6) is 0.870. The van der Waals surface area contributed by atoms with Crippen LogP contribution in [-0.2, 0) is 9.78 Å². The Morgan fingerprint density at radius 1 is 0.708 bits per heavy atom. The molecule has 24 heavy (non-hydrogen) atoms. The summed E-state index contributed by atoms with van der Waals surface area (Å²) in [6.45, 7) is 21.6. The van der Waals surface area contributed by atoms with Gasteiger partial charge in [0.15, 0.2) is 0 Å². The molecule has 0 amide bonds. The fourth-order valence-electron chi connectivity index (χ4n) is 2.32. The van der Waals surface area contributed by atoms with Gasteiger partial charge in [-0.05, 0) is 92.9 Å². The zero-order valence-electron chi connectivity index (χ0n) is 18.0. The van der Waals surface area contributed by atoms with Crippen molar-refractivity contribution >= 4 is 0 Å². The number of allylic oxidation sites excluding steroid dienone is 4. The second-order valence-electron chi connectivity index (χ2n) is 8.89. The lowest BCUT2D eigenvalue weighted by Crippen LogP contribution is -2.40. The van der Waals surface area contributed by atoms with E-state index in [9.17, 15) is 0 Å². The van der Waals surface area contributed by atoms with Gasteiger partial charge < -0.3 is 0 Å². The Morgan fingerprint density at radius 3 is 1.25 bits per heavy atom. The number of hydrogen-bond acceptors (Lipinski definition) is 2. The van der Waals surface area contributed by atoms with Gasteiger partial charge in [-0.15, -0.1) is 0 Å². The molecule has 0 aromatic rings. The molecule has 0 spiro atoms. The number of hydrogen-bond donors (Lipinski definition) is 0. The van der Waals surface area contributed by atoms with E-state index in [0.29, 0.717) is 11.8 Å². The first kappa shape index (κ1) is 23.4. The minimum Gasteiger partial charge on any atom is -0.230 e. The van der Waals surface area contributed by atoms with Crippen molar-refractivity contribution in [1.82, 2.24) is 0 Å². The molecule has 0 aromatic carbocycles. The molecule has 0 aliphatic heterocycles. The van der Waals surface area contributed by atoms with E-state index in [2.05, 4.69) is 81.4 Å². The molecular weight excluding hydrogens is 296 g/mol. The van der Waals surface area contributed by atoms with Gasteiger partial charge in [0.1, 0.15) is 11.2 Å². The van der Waals surface area contributed by atoms with Crippen LogP contribution in [0.15, 0.2) is 23.3 Å². The van der Waals surface area contributed by atoms with Crippen molar-refractivity contribution in [2.24, 2.45) is 11.8 Å². The van der Waals surface area contributed by atoms with Crippen LogP contribution < -0.4 is 0 Å². The van der Waals surface area contributed by atoms with E-state index < -0.39 is 0 Å². The second kappa shape index (κ2) is 10.4. The molecule has 0 radical (unpaired) electrons. The molecule has 0 aliphatic carbocycles. The average Bonchev–Trinajstić information content (AvgIpc) is 2.44. The highest BCUT2D eigenvalue weighted by Gasteiger charge is 2.33. The highest BCUT2D eigenvalue weighted by Crippen LogP contribution is 2.31. The van der Waals surface area contributed by atoms with Gasteiger partial charge in [0.2, 0.25) is 0 Å². The van der Waals surface area contributed by atoms with Gasteiger partial charge in [0.05, 0.1) is 0 Å². The van der Waals surface area contributed by atoms with Crippen LogP contribution in [0.4, 0.5) is 0 Å². The van der Waals surface area contributed by atoms with Crippen LogP contribution in [0.1, 0.15) is 94.9 Å². The predicted octanol–water partition coefficient (Wildman–Crippen LogP) is 7.26. The van der Waals surface area contributed by atoms with Crippen molar-refractivity contribution in [3.63, 3.8) is 0 Å². The molecule has 0 N–H and O–H groups in total. The van der Waals surface area contributed by atoms with Crippen LogP contribution in [0.2, 0.25) is 0 Å². The molecule has 2 heteroatoms. The maximum atomic E-state index is 5.93. The Balaban J connectivity index is 4.48. The molecule has 0 saturated heterocycles. The molecule has 142 valence electrons. The smallest absolute Gasteiger partial charge is 0.101 e. The van der Waals surface area contributed by atoms with Crippen molar-refractivity contribution in [3.05, 3.63) is 23.3 Å². The Hall–Kier alpha value is -0.600. The fraction of sp³-hybridized carbons (Fsp3) is 0.818. The van der Waals surface area contributed by atoms with Crippen LogP contribution in [0.25, 0.3) is 0 Å². The first-order chi connectivity index (χ1) is 10.9. The number of rotatable bonds is 11. The molecule has 2 atom stereocenters. The summed E-state index contributed by atoms with van der Waals surface area (Å²) < 4.78 is 0. The van der Waals surface area contributed by atoms with E-state index in [0.717, 1.165) is 25.7 Å². The molecule has 0 fully saturated rings. The zero-order valence-corrected chi connectivity index (χ0v) is 18.0. The van der Waals surface area contributed by atoms with E-state index in [-0.39, 0.29) is 11.2 Å². The lowest BCUT2D eigenvalue weighted by molar-refractivity contribution is -0.416. The molecule has 0 rings (SSSR count). The van der Waals surface area contributed by atoms with Crippen LogP contribution in [-0.4, -0.2) is 11.2 Å². The van der Waals surface area contributed by atoms with Crippen LogP contribution >= 0.6 is 0 Å². The maximum absolute atomic E-state index is 5.93. The van der Waals surface area contributed by atoms with Crippen molar-refractivity contribution in [3.8, 4) is 0 Å².